The first kappa shape index (κ1) is 20.0. The summed E-state index contributed by atoms with van der Waals surface area (Å²) < 4.78 is 5.14. The van der Waals surface area contributed by atoms with Gasteiger partial charge in [-0.1, -0.05) is 23.7 Å². The van der Waals surface area contributed by atoms with Gasteiger partial charge in [-0.3, -0.25) is 14.5 Å². The van der Waals surface area contributed by atoms with Crippen molar-refractivity contribution in [2.75, 3.05) is 32.1 Å². The zero-order chi connectivity index (χ0) is 19.9. The van der Waals surface area contributed by atoms with Crippen LogP contribution in [0.15, 0.2) is 53.3 Å². The van der Waals surface area contributed by atoms with Gasteiger partial charge in [-0.15, -0.1) is 0 Å². The van der Waals surface area contributed by atoms with Crippen LogP contribution in [-0.4, -0.2) is 47.6 Å². The number of halogens is 1. The van der Waals surface area contributed by atoms with Gasteiger partial charge >= 0.3 is 0 Å². The number of amides is 1. The van der Waals surface area contributed by atoms with E-state index in [1.165, 1.54) is 0 Å². The van der Waals surface area contributed by atoms with Crippen molar-refractivity contribution >= 4 is 34.1 Å². The van der Waals surface area contributed by atoms with Crippen LogP contribution in [0.3, 0.4) is 0 Å². The van der Waals surface area contributed by atoms with E-state index >= 15 is 0 Å². The number of hydrogen-bond donors (Lipinski definition) is 2. The van der Waals surface area contributed by atoms with Gasteiger partial charge in [0.25, 0.3) is 5.56 Å². The number of nitrogens with one attached hydrogen (secondary N) is 2. The molecular formula is C20H21ClN4O3. The van der Waals surface area contributed by atoms with Gasteiger partial charge in [-0.05, 0) is 36.4 Å². The molecule has 8 heteroatoms. The van der Waals surface area contributed by atoms with E-state index in [4.69, 9.17) is 16.3 Å². The van der Waals surface area contributed by atoms with Crippen LogP contribution in [-0.2, 0) is 16.1 Å². The van der Waals surface area contributed by atoms with Crippen LogP contribution in [0.4, 0.5) is 5.69 Å². The van der Waals surface area contributed by atoms with Gasteiger partial charge in [0.2, 0.25) is 5.91 Å². The minimum absolute atomic E-state index is 0.128. The first-order chi connectivity index (χ1) is 13.5. The van der Waals surface area contributed by atoms with Crippen molar-refractivity contribution < 1.29 is 9.53 Å². The van der Waals surface area contributed by atoms with Crippen LogP contribution in [0.25, 0.3) is 10.9 Å². The Kier molecular flexibility index (Phi) is 6.76. The molecule has 1 heterocycles. The molecule has 0 saturated carbocycles. The Labute approximate surface area is 167 Å². The average Bonchev–Trinajstić information content (AvgIpc) is 2.68. The molecule has 0 atom stereocenters. The van der Waals surface area contributed by atoms with Gasteiger partial charge in [-0.25, -0.2) is 4.98 Å². The lowest BCUT2D eigenvalue weighted by atomic mass is 10.2. The molecule has 0 unspecified atom stereocenters. The fourth-order valence-corrected chi connectivity index (χ4v) is 2.92. The number of carbonyl (C=O) groups excluding carboxylic acids is 1. The van der Waals surface area contributed by atoms with Crippen molar-refractivity contribution in [1.29, 1.82) is 0 Å². The number of aromatic amines is 1. The molecule has 0 aliphatic carbocycles. The molecule has 0 saturated heterocycles. The van der Waals surface area contributed by atoms with Crippen molar-refractivity contribution in [2.24, 2.45) is 0 Å². The predicted octanol–water partition coefficient (Wildman–Crippen LogP) is 2.66. The molecule has 0 radical (unpaired) electrons. The van der Waals surface area contributed by atoms with Gasteiger partial charge in [0.05, 0.1) is 30.6 Å². The molecule has 0 aliphatic heterocycles. The number of benzene rings is 2. The number of hydrogen-bond acceptors (Lipinski definition) is 5. The molecule has 3 rings (SSSR count). The van der Waals surface area contributed by atoms with Gasteiger partial charge in [0.15, 0.2) is 0 Å². The van der Waals surface area contributed by atoms with Gasteiger partial charge in [-0.2, -0.15) is 0 Å². The molecule has 146 valence electrons. The van der Waals surface area contributed by atoms with E-state index in [0.29, 0.717) is 47.1 Å². The van der Waals surface area contributed by atoms with E-state index in [2.05, 4.69) is 15.3 Å². The molecule has 3 aromatic rings. The van der Waals surface area contributed by atoms with Crippen LogP contribution in [0.5, 0.6) is 0 Å². The lowest BCUT2D eigenvalue weighted by molar-refractivity contribution is -0.117. The highest BCUT2D eigenvalue weighted by Crippen LogP contribution is 2.13. The van der Waals surface area contributed by atoms with Crippen LogP contribution in [0.2, 0.25) is 5.02 Å². The smallest absolute Gasteiger partial charge is 0.258 e. The molecule has 1 amide bonds. The third-order valence-electron chi connectivity index (χ3n) is 4.14. The highest BCUT2D eigenvalue weighted by atomic mass is 35.5. The monoisotopic (exact) mass is 400 g/mol. The molecule has 0 spiro atoms. The van der Waals surface area contributed by atoms with Crippen LogP contribution in [0.1, 0.15) is 5.82 Å². The topological polar surface area (TPSA) is 87.3 Å². The van der Waals surface area contributed by atoms with Gasteiger partial charge in [0.1, 0.15) is 5.82 Å². The number of ether oxygens (including phenoxy) is 1. The summed E-state index contributed by atoms with van der Waals surface area (Å²) in [5, 5.41) is 3.97. The standard InChI is InChI=1S/C20H21ClN4O3/c1-28-11-10-25(13-19(26)22-15-8-6-14(21)7-9-15)12-18-23-17-5-3-2-4-16(17)20(27)24-18/h2-9H,10-13H2,1H3,(H,22,26)(H,23,24,27). The Morgan fingerprint density at radius 1 is 1.21 bits per heavy atom. The molecule has 7 nitrogen and oxygen atoms in total. The second kappa shape index (κ2) is 9.45. The van der Waals surface area contributed by atoms with E-state index in [0.717, 1.165) is 0 Å². The number of rotatable bonds is 8. The Morgan fingerprint density at radius 3 is 2.71 bits per heavy atom. The number of H-pyrrole nitrogens is 1. The maximum absolute atomic E-state index is 12.4. The number of methoxy groups -OCH3 is 1. The summed E-state index contributed by atoms with van der Waals surface area (Å²) in [7, 11) is 1.60. The molecule has 1 aromatic heterocycles. The lowest BCUT2D eigenvalue weighted by Gasteiger charge is -2.21. The molecule has 2 N–H and O–H groups in total. The molecular weight excluding hydrogens is 380 g/mol. The number of aromatic nitrogens is 2. The normalized spacial score (nSPS) is 11.1. The maximum atomic E-state index is 12.4. The van der Waals surface area contributed by atoms with Crippen LogP contribution < -0.4 is 10.9 Å². The third kappa shape index (κ3) is 5.39. The fraction of sp³-hybridized carbons (Fsp3) is 0.250. The first-order valence-electron chi connectivity index (χ1n) is 8.80. The summed E-state index contributed by atoms with van der Waals surface area (Å²) in [4.78, 5) is 33.8. The average molecular weight is 401 g/mol. The minimum Gasteiger partial charge on any atom is -0.383 e. The van der Waals surface area contributed by atoms with E-state index in [1.54, 1.807) is 49.6 Å². The number of anilines is 1. The van der Waals surface area contributed by atoms with Crippen molar-refractivity contribution in [2.45, 2.75) is 6.54 Å². The number of carbonyl (C=O) groups is 1. The largest absolute Gasteiger partial charge is 0.383 e. The summed E-state index contributed by atoms with van der Waals surface area (Å²) in [5.41, 5.74) is 1.09. The maximum Gasteiger partial charge on any atom is 0.258 e. The van der Waals surface area contributed by atoms with E-state index in [9.17, 15) is 9.59 Å². The number of para-hydroxylation sites is 1. The summed E-state index contributed by atoms with van der Waals surface area (Å²) in [5.74, 6) is 0.320. The fourth-order valence-electron chi connectivity index (χ4n) is 2.79. The van der Waals surface area contributed by atoms with Crippen molar-refractivity contribution in [3.05, 3.63) is 69.7 Å². The van der Waals surface area contributed by atoms with E-state index < -0.39 is 0 Å². The predicted molar refractivity (Wildman–Crippen MR) is 110 cm³/mol. The SMILES string of the molecule is COCCN(CC(=O)Nc1ccc(Cl)cc1)Cc1nc2ccccc2c(=O)[nH]1. The zero-order valence-electron chi connectivity index (χ0n) is 15.4. The zero-order valence-corrected chi connectivity index (χ0v) is 16.2. The Bertz CT molecular complexity index is 1000. The van der Waals surface area contributed by atoms with E-state index in [-0.39, 0.29) is 18.0 Å². The number of nitrogens with zero attached hydrogens (tertiary/aromatic N) is 2. The van der Waals surface area contributed by atoms with Crippen molar-refractivity contribution in [1.82, 2.24) is 14.9 Å². The third-order valence-corrected chi connectivity index (χ3v) is 4.39. The van der Waals surface area contributed by atoms with Crippen LogP contribution in [0, 0.1) is 0 Å². The highest BCUT2D eigenvalue weighted by Gasteiger charge is 2.14. The Morgan fingerprint density at radius 2 is 1.96 bits per heavy atom. The summed E-state index contributed by atoms with van der Waals surface area (Å²) in [6.07, 6.45) is 0. The Balaban J connectivity index is 1.72. The first-order valence-corrected chi connectivity index (χ1v) is 9.17. The molecule has 28 heavy (non-hydrogen) atoms. The van der Waals surface area contributed by atoms with E-state index in [1.807, 2.05) is 11.0 Å². The minimum atomic E-state index is -0.196. The summed E-state index contributed by atoms with van der Waals surface area (Å²) in [6.45, 7) is 1.41. The quantitative estimate of drug-likeness (QED) is 0.607. The number of fused-ring (bicyclic) bond motifs is 1. The highest BCUT2D eigenvalue weighted by molar-refractivity contribution is 6.30. The lowest BCUT2D eigenvalue weighted by Crippen LogP contribution is -2.36. The second-order valence-corrected chi connectivity index (χ2v) is 6.72. The van der Waals surface area contributed by atoms with Crippen molar-refractivity contribution in [3.63, 3.8) is 0 Å². The van der Waals surface area contributed by atoms with Gasteiger partial charge in [0, 0.05) is 24.4 Å². The molecule has 0 aliphatic rings. The Hall–Kier alpha value is -2.74. The second-order valence-electron chi connectivity index (χ2n) is 6.29. The summed E-state index contributed by atoms with van der Waals surface area (Å²) >= 11 is 5.86. The van der Waals surface area contributed by atoms with Crippen molar-refractivity contribution in [3.8, 4) is 0 Å². The molecule has 0 bridgehead atoms. The van der Waals surface area contributed by atoms with Crippen LogP contribution >= 0.6 is 11.6 Å². The molecule has 0 fully saturated rings. The molecule has 2 aromatic carbocycles. The van der Waals surface area contributed by atoms with Gasteiger partial charge < -0.3 is 15.0 Å². The summed E-state index contributed by atoms with van der Waals surface area (Å²) in [6, 6.07) is 14.1.